The molecule has 0 radical (unpaired) electrons. The van der Waals surface area contributed by atoms with E-state index in [1.807, 2.05) is 37.3 Å². The van der Waals surface area contributed by atoms with Gasteiger partial charge in [-0.25, -0.2) is 0 Å². The lowest BCUT2D eigenvalue weighted by atomic mass is 10.1. The molecule has 0 aliphatic carbocycles. The second-order valence-electron chi connectivity index (χ2n) is 5.69. The van der Waals surface area contributed by atoms with E-state index in [-0.39, 0.29) is 24.1 Å². The fourth-order valence-electron chi connectivity index (χ4n) is 2.45. The van der Waals surface area contributed by atoms with Crippen LogP contribution in [0.25, 0.3) is 0 Å². The Morgan fingerprint density at radius 1 is 1.16 bits per heavy atom. The molecule has 6 heteroatoms. The Kier molecular flexibility index (Phi) is 7.10. The summed E-state index contributed by atoms with van der Waals surface area (Å²) in [6.45, 7) is 2.99. The second-order valence-corrected chi connectivity index (χ2v) is 5.69. The largest absolute Gasteiger partial charge is 0.374 e. The number of nitro benzene ring substituents is 1. The summed E-state index contributed by atoms with van der Waals surface area (Å²) in [5.41, 5.74) is 1.50. The Morgan fingerprint density at radius 2 is 1.84 bits per heavy atom. The molecule has 132 valence electrons. The van der Waals surface area contributed by atoms with Gasteiger partial charge < -0.3 is 10.1 Å². The second kappa shape index (κ2) is 9.54. The topological polar surface area (TPSA) is 81.5 Å². The summed E-state index contributed by atoms with van der Waals surface area (Å²) in [5, 5.41) is 13.7. The number of amides is 1. The number of benzene rings is 2. The third-order valence-electron chi connectivity index (χ3n) is 3.82. The lowest BCUT2D eigenvalue weighted by Gasteiger charge is -2.13. The summed E-state index contributed by atoms with van der Waals surface area (Å²) in [5.74, 6) is -0.231. The molecule has 0 bridgehead atoms. The van der Waals surface area contributed by atoms with E-state index in [1.165, 1.54) is 6.07 Å². The average molecular weight is 342 g/mol. The first-order valence-electron chi connectivity index (χ1n) is 8.23. The van der Waals surface area contributed by atoms with E-state index in [0.717, 1.165) is 5.56 Å². The van der Waals surface area contributed by atoms with Crippen LogP contribution in [0.3, 0.4) is 0 Å². The fourth-order valence-corrected chi connectivity index (χ4v) is 2.45. The number of ether oxygens (including phenoxy) is 1. The highest BCUT2D eigenvalue weighted by atomic mass is 16.6. The van der Waals surface area contributed by atoms with Crippen LogP contribution in [0.4, 0.5) is 5.69 Å². The highest BCUT2D eigenvalue weighted by Crippen LogP contribution is 2.18. The van der Waals surface area contributed by atoms with Crippen LogP contribution in [-0.2, 0) is 16.0 Å². The minimum atomic E-state index is -0.471. The van der Waals surface area contributed by atoms with Crippen LogP contribution < -0.4 is 5.32 Å². The summed E-state index contributed by atoms with van der Waals surface area (Å²) in [6, 6.07) is 16.2. The molecule has 2 aromatic carbocycles. The molecule has 1 atom stereocenters. The molecule has 0 aliphatic heterocycles. The number of nitro groups is 1. The standard InChI is InChI=1S/C19H22N2O4/c1-15(16-8-3-2-4-9-16)25-13-7-12-20-19(22)14-17-10-5-6-11-18(17)21(23)24/h2-6,8-11,15H,7,12-14H2,1H3,(H,20,22). The van der Waals surface area contributed by atoms with E-state index < -0.39 is 4.92 Å². The first-order chi connectivity index (χ1) is 12.1. The number of para-hydroxylation sites is 1. The summed E-state index contributed by atoms with van der Waals surface area (Å²) >= 11 is 0. The lowest BCUT2D eigenvalue weighted by Crippen LogP contribution is -2.27. The Bertz CT molecular complexity index is 704. The predicted octanol–water partition coefficient (Wildman–Crippen LogP) is 3.42. The van der Waals surface area contributed by atoms with Crippen molar-refractivity contribution in [2.24, 2.45) is 0 Å². The normalized spacial score (nSPS) is 11.7. The Hall–Kier alpha value is -2.73. The van der Waals surface area contributed by atoms with Gasteiger partial charge in [-0.1, -0.05) is 48.5 Å². The molecular formula is C19H22N2O4. The summed E-state index contributed by atoms with van der Waals surface area (Å²) in [4.78, 5) is 22.4. The van der Waals surface area contributed by atoms with Gasteiger partial charge in [0.25, 0.3) is 5.69 Å². The summed E-state index contributed by atoms with van der Waals surface area (Å²) in [6.07, 6.45) is 0.682. The Morgan fingerprint density at radius 3 is 2.56 bits per heavy atom. The van der Waals surface area contributed by atoms with Crippen molar-refractivity contribution in [1.82, 2.24) is 5.32 Å². The van der Waals surface area contributed by atoms with E-state index in [9.17, 15) is 14.9 Å². The van der Waals surface area contributed by atoms with Crippen molar-refractivity contribution in [3.8, 4) is 0 Å². The van der Waals surface area contributed by atoms with Crippen molar-refractivity contribution < 1.29 is 14.5 Å². The highest BCUT2D eigenvalue weighted by Gasteiger charge is 2.15. The number of hydrogen-bond donors (Lipinski definition) is 1. The Labute approximate surface area is 147 Å². The zero-order valence-corrected chi connectivity index (χ0v) is 14.2. The first-order valence-corrected chi connectivity index (χ1v) is 8.23. The van der Waals surface area contributed by atoms with Gasteiger partial charge in [0, 0.05) is 24.8 Å². The molecule has 0 saturated heterocycles. The number of nitrogens with one attached hydrogen (secondary N) is 1. The number of carbonyl (C=O) groups excluding carboxylic acids is 1. The van der Waals surface area contributed by atoms with Crippen molar-refractivity contribution in [3.63, 3.8) is 0 Å². The van der Waals surface area contributed by atoms with Crippen LogP contribution in [0.2, 0.25) is 0 Å². The molecule has 0 aliphatic rings. The van der Waals surface area contributed by atoms with Gasteiger partial charge in [0.15, 0.2) is 0 Å². The number of hydrogen-bond acceptors (Lipinski definition) is 4. The van der Waals surface area contributed by atoms with Crippen LogP contribution in [0.1, 0.15) is 30.6 Å². The molecule has 0 fully saturated rings. The molecule has 1 unspecified atom stereocenters. The molecule has 0 heterocycles. The molecule has 0 spiro atoms. The minimum absolute atomic E-state index is 0.00156. The minimum Gasteiger partial charge on any atom is -0.374 e. The lowest BCUT2D eigenvalue weighted by molar-refractivity contribution is -0.385. The summed E-state index contributed by atoms with van der Waals surface area (Å²) < 4.78 is 5.74. The molecule has 6 nitrogen and oxygen atoms in total. The SMILES string of the molecule is CC(OCCCNC(=O)Cc1ccccc1[N+](=O)[O-])c1ccccc1. The molecule has 0 aromatic heterocycles. The first kappa shape index (κ1) is 18.6. The number of nitrogens with zero attached hydrogens (tertiary/aromatic N) is 1. The third kappa shape index (κ3) is 6.00. The highest BCUT2D eigenvalue weighted by molar-refractivity contribution is 5.79. The van der Waals surface area contributed by atoms with Gasteiger partial charge in [0.05, 0.1) is 17.4 Å². The maximum atomic E-state index is 11.9. The van der Waals surface area contributed by atoms with Crippen LogP contribution in [0.15, 0.2) is 54.6 Å². The van der Waals surface area contributed by atoms with E-state index in [0.29, 0.717) is 25.1 Å². The van der Waals surface area contributed by atoms with Gasteiger partial charge >= 0.3 is 0 Å². The maximum Gasteiger partial charge on any atom is 0.273 e. The van der Waals surface area contributed by atoms with Gasteiger partial charge in [-0.05, 0) is 18.9 Å². The van der Waals surface area contributed by atoms with Crippen molar-refractivity contribution in [2.45, 2.75) is 25.9 Å². The molecular weight excluding hydrogens is 320 g/mol. The number of rotatable bonds is 9. The molecule has 0 saturated carbocycles. The van der Waals surface area contributed by atoms with Crippen LogP contribution >= 0.6 is 0 Å². The van der Waals surface area contributed by atoms with E-state index in [2.05, 4.69) is 5.32 Å². The van der Waals surface area contributed by atoms with E-state index >= 15 is 0 Å². The monoisotopic (exact) mass is 342 g/mol. The van der Waals surface area contributed by atoms with Gasteiger partial charge in [0.2, 0.25) is 5.91 Å². The van der Waals surface area contributed by atoms with Gasteiger partial charge in [-0.2, -0.15) is 0 Å². The molecule has 1 amide bonds. The van der Waals surface area contributed by atoms with E-state index in [1.54, 1.807) is 18.2 Å². The fraction of sp³-hybridized carbons (Fsp3) is 0.316. The zero-order chi connectivity index (χ0) is 18.1. The summed E-state index contributed by atoms with van der Waals surface area (Å²) in [7, 11) is 0. The van der Waals surface area contributed by atoms with Crippen LogP contribution in [-0.4, -0.2) is 24.0 Å². The molecule has 25 heavy (non-hydrogen) atoms. The third-order valence-corrected chi connectivity index (χ3v) is 3.82. The van der Waals surface area contributed by atoms with Gasteiger partial charge in [-0.3, -0.25) is 14.9 Å². The van der Waals surface area contributed by atoms with Crippen molar-refractivity contribution in [3.05, 3.63) is 75.8 Å². The zero-order valence-electron chi connectivity index (χ0n) is 14.2. The average Bonchev–Trinajstić information content (AvgIpc) is 2.62. The van der Waals surface area contributed by atoms with Gasteiger partial charge in [-0.15, -0.1) is 0 Å². The van der Waals surface area contributed by atoms with Crippen LogP contribution in [0, 0.1) is 10.1 Å². The Balaban J connectivity index is 1.68. The molecule has 2 rings (SSSR count). The molecule has 2 aromatic rings. The maximum absolute atomic E-state index is 11.9. The number of carbonyl (C=O) groups is 1. The smallest absolute Gasteiger partial charge is 0.273 e. The van der Waals surface area contributed by atoms with E-state index in [4.69, 9.17) is 4.74 Å². The van der Waals surface area contributed by atoms with Crippen molar-refractivity contribution >= 4 is 11.6 Å². The molecule has 1 N–H and O–H groups in total. The predicted molar refractivity (Wildman–Crippen MR) is 95.2 cm³/mol. The van der Waals surface area contributed by atoms with Gasteiger partial charge in [0.1, 0.15) is 0 Å². The van der Waals surface area contributed by atoms with Crippen molar-refractivity contribution in [2.75, 3.05) is 13.2 Å². The quantitative estimate of drug-likeness (QED) is 0.430. The van der Waals surface area contributed by atoms with Crippen molar-refractivity contribution in [1.29, 1.82) is 0 Å². The van der Waals surface area contributed by atoms with Crippen LogP contribution in [0.5, 0.6) is 0 Å².